The van der Waals surface area contributed by atoms with Crippen LogP contribution in [0.2, 0.25) is 0 Å². The molecule has 1 aromatic heterocycles. The smallest absolute Gasteiger partial charge is 0.126 e. The molecule has 0 aliphatic rings. The minimum Gasteiger partial charge on any atom is -0.385 e. The monoisotopic (exact) mass is 401 g/mol. The van der Waals surface area contributed by atoms with Crippen LogP contribution in [0.1, 0.15) is 58.4 Å². The quantitative estimate of drug-likeness (QED) is 0.641. The number of hydrogen-bond donors (Lipinski definition) is 2. The minimum atomic E-state index is -0.440. The van der Waals surface area contributed by atoms with Crippen molar-refractivity contribution in [3.05, 3.63) is 59.4 Å². The van der Waals surface area contributed by atoms with Crippen molar-refractivity contribution in [2.45, 2.75) is 72.2 Å². The zero-order valence-electron chi connectivity index (χ0n) is 19.4. The first-order valence-corrected chi connectivity index (χ1v) is 10.9. The molecular formula is C25H41N2O2+. The fraction of sp³-hybridized carbons (Fsp3) is 0.600. The molecule has 1 aromatic carbocycles. The molecule has 0 saturated heterocycles. The van der Waals surface area contributed by atoms with Gasteiger partial charge in [0.1, 0.15) is 19.2 Å². The molecule has 4 nitrogen and oxygen atoms in total. The first-order valence-electron chi connectivity index (χ1n) is 10.9. The number of methoxy groups -OCH3 is 1. The Morgan fingerprint density at radius 2 is 1.72 bits per heavy atom. The maximum absolute atomic E-state index is 10.3. The van der Waals surface area contributed by atoms with Crippen LogP contribution in [0.15, 0.2) is 42.6 Å². The van der Waals surface area contributed by atoms with E-state index in [0.717, 1.165) is 13.1 Å². The third-order valence-electron chi connectivity index (χ3n) is 6.01. The molecule has 3 atom stereocenters. The van der Waals surface area contributed by atoms with Crippen LogP contribution in [0.25, 0.3) is 0 Å². The highest BCUT2D eigenvalue weighted by atomic mass is 16.5. The van der Waals surface area contributed by atoms with Crippen LogP contribution in [-0.2, 0) is 23.2 Å². The van der Waals surface area contributed by atoms with Gasteiger partial charge in [0.2, 0.25) is 0 Å². The van der Waals surface area contributed by atoms with E-state index in [-0.39, 0.29) is 5.41 Å². The average Bonchev–Trinajstić information content (AvgIpc) is 3.07. The van der Waals surface area contributed by atoms with Gasteiger partial charge in [-0.1, -0.05) is 58.9 Å². The first-order chi connectivity index (χ1) is 13.6. The maximum atomic E-state index is 10.3. The molecule has 162 valence electrons. The van der Waals surface area contributed by atoms with Crippen molar-refractivity contribution in [1.82, 2.24) is 4.57 Å². The molecule has 0 spiro atoms. The van der Waals surface area contributed by atoms with Crippen molar-refractivity contribution in [3.63, 3.8) is 0 Å². The van der Waals surface area contributed by atoms with Gasteiger partial charge in [-0.3, -0.25) is 0 Å². The lowest BCUT2D eigenvalue weighted by Gasteiger charge is -2.30. The number of nitrogens with one attached hydrogen (secondary N) is 1. The fourth-order valence-electron chi connectivity index (χ4n) is 3.75. The molecule has 2 aromatic rings. The van der Waals surface area contributed by atoms with Gasteiger partial charge in [-0.2, -0.15) is 0 Å². The molecule has 1 heterocycles. The molecule has 2 rings (SSSR count). The number of rotatable bonds is 10. The average molecular weight is 402 g/mol. The van der Waals surface area contributed by atoms with Gasteiger partial charge in [-0.25, -0.2) is 0 Å². The van der Waals surface area contributed by atoms with E-state index in [1.807, 2.05) is 0 Å². The number of aromatic nitrogens is 1. The summed E-state index contributed by atoms with van der Waals surface area (Å²) in [6.45, 7) is 16.4. The van der Waals surface area contributed by atoms with Crippen LogP contribution in [0.4, 0.5) is 0 Å². The van der Waals surface area contributed by atoms with Gasteiger partial charge in [0.15, 0.2) is 0 Å². The van der Waals surface area contributed by atoms with Crippen molar-refractivity contribution in [2.75, 3.05) is 20.3 Å². The Hall–Kier alpha value is -1.62. The van der Waals surface area contributed by atoms with Crippen LogP contribution in [0.5, 0.6) is 0 Å². The van der Waals surface area contributed by atoms with E-state index < -0.39 is 6.10 Å². The maximum Gasteiger partial charge on any atom is 0.126 e. The third-order valence-corrected chi connectivity index (χ3v) is 6.01. The van der Waals surface area contributed by atoms with Crippen molar-refractivity contribution in [1.29, 1.82) is 0 Å². The van der Waals surface area contributed by atoms with E-state index in [0.29, 0.717) is 25.1 Å². The van der Waals surface area contributed by atoms with E-state index in [2.05, 4.69) is 88.7 Å². The second-order valence-corrected chi connectivity index (χ2v) is 9.76. The number of quaternary nitrogens is 1. The van der Waals surface area contributed by atoms with Gasteiger partial charge in [0.25, 0.3) is 0 Å². The van der Waals surface area contributed by atoms with E-state index >= 15 is 0 Å². The molecule has 29 heavy (non-hydrogen) atoms. The van der Waals surface area contributed by atoms with Gasteiger partial charge in [0, 0.05) is 25.8 Å². The van der Waals surface area contributed by atoms with Crippen molar-refractivity contribution < 1.29 is 14.7 Å². The summed E-state index contributed by atoms with van der Waals surface area (Å²) in [4.78, 5) is 1.40. The van der Waals surface area contributed by atoms with E-state index in [9.17, 15) is 5.11 Å². The summed E-state index contributed by atoms with van der Waals surface area (Å²) in [5.74, 6) is 0.549. The number of aliphatic hydroxyl groups excluding tert-OH is 1. The van der Waals surface area contributed by atoms with Crippen LogP contribution < -0.4 is 4.90 Å². The van der Waals surface area contributed by atoms with Gasteiger partial charge in [-0.05, 0) is 35.6 Å². The lowest BCUT2D eigenvalue weighted by molar-refractivity contribution is -0.943. The summed E-state index contributed by atoms with van der Waals surface area (Å²) in [6, 6.07) is 13.8. The molecule has 0 aliphatic heterocycles. The minimum absolute atomic E-state index is 0.178. The van der Waals surface area contributed by atoms with E-state index in [4.69, 9.17) is 4.74 Å². The predicted molar refractivity (Wildman–Crippen MR) is 120 cm³/mol. The molecule has 0 amide bonds. The first kappa shape index (κ1) is 23.7. The van der Waals surface area contributed by atoms with Crippen molar-refractivity contribution in [3.8, 4) is 0 Å². The number of ether oxygens (including phenoxy) is 1. The highest BCUT2D eigenvalue weighted by Gasteiger charge is 2.25. The highest BCUT2D eigenvalue weighted by molar-refractivity contribution is 5.28. The molecule has 1 unspecified atom stereocenters. The summed E-state index contributed by atoms with van der Waals surface area (Å²) in [5, 5.41) is 10.3. The lowest BCUT2D eigenvalue weighted by Crippen LogP contribution is -3.16. The normalized spacial score (nSPS) is 15.5. The summed E-state index contributed by atoms with van der Waals surface area (Å²) < 4.78 is 7.48. The Kier molecular flexibility index (Phi) is 8.50. The zero-order chi connectivity index (χ0) is 21.6. The molecule has 2 N–H and O–H groups in total. The Labute approximate surface area is 177 Å². The van der Waals surface area contributed by atoms with Gasteiger partial charge >= 0.3 is 0 Å². The van der Waals surface area contributed by atoms with Crippen LogP contribution in [-0.4, -0.2) is 42.1 Å². The van der Waals surface area contributed by atoms with Gasteiger partial charge in [-0.15, -0.1) is 0 Å². The predicted octanol–water partition coefficient (Wildman–Crippen LogP) is 3.27. The highest BCUT2D eigenvalue weighted by Crippen LogP contribution is 2.22. The van der Waals surface area contributed by atoms with Crippen molar-refractivity contribution >= 4 is 0 Å². The Morgan fingerprint density at radius 3 is 2.28 bits per heavy atom. The Morgan fingerprint density at radius 1 is 1.07 bits per heavy atom. The van der Waals surface area contributed by atoms with E-state index in [1.165, 1.54) is 21.7 Å². The van der Waals surface area contributed by atoms with Crippen LogP contribution >= 0.6 is 0 Å². The second kappa shape index (κ2) is 10.4. The molecule has 4 heteroatoms. The van der Waals surface area contributed by atoms with Gasteiger partial charge in [0.05, 0.1) is 18.3 Å². The topological polar surface area (TPSA) is 38.8 Å². The summed E-state index contributed by atoms with van der Waals surface area (Å²) >= 11 is 0. The molecule has 0 fully saturated rings. The molecule has 0 radical (unpaired) electrons. The molecule has 0 aliphatic carbocycles. The van der Waals surface area contributed by atoms with Gasteiger partial charge < -0.3 is 19.3 Å². The third kappa shape index (κ3) is 6.98. The van der Waals surface area contributed by atoms with Crippen LogP contribution in [0, 0.1) is 5.92 Å². The summed E-state index contributed by atoms with van der Waals surface area (Å²) in [5.41, 5.74) is 4.16. The summed E-state index contributed by atoms with van der Waals surface area (Å²) in [7, 11) is 1.64. The standard InChI is InChI=1S/C25H40N2O2/c1-19(2)20(3)27(17-24(28)18-29-7)16-23-9-8-14-26(23)15-21-10-12-22(13-11-21)25(4,5)6/h8-14,19-20,24,28H,15-18H2,1-7H3/p+1/t20-,24-/m0/s1. The fourth-order valence-corrected chi connectivity index (χ4v) is 3.75. The lowest BCUT2D eigenvalue weighted by atomic mass is 9.87. The summed E-state index contributed by atoms with van der Waals surface area (Å²) in [6.07, 6.45) is 1.72. The SMILES string of the molecule is COC[C@@H](O)C[NH+](Cc1cccn1Cc1ccc(C(C)(C)C)cc1)[C@@H](C)C(C)C. The Bertz CT molecular complexity index is 728. The zero-order valence-corrected chi connectivity index (χ0v) is 19.4. The second-order valence-electron chi connectivity index (χ2n) is 9.76. The number of aliphatic hydroxyl groups is 1. The van der Waals surface area contributed by atoms with Crippen molar-refractivity contribution in [2.24, 2.45) is 5.92 Å². The largest absolute Gasteiger partial charge is 0.385 e. The van der Waals surface area contributed by atoms with E-state index in [1.54, 1.807) is 7.11 Å². The number of hydrogen-bond acceptors (Lipinski definition) is 2. The molecule has 0 saturated carbocycles. The molecular weight excluding hydrogens is 360 g/mol. The Balaban J connectivity index is 2.14. The van der Waals surface area contributed by atoms with Crippen LogP contribution in [0.3, 0.4) is 0 Å². The molecule has 0 bridgehead atoms. The number of nitrogens with zero attached hydrogens (tertiary/aromatic N) is 1. The number of benzene rings is 1.